The van der Waals surface area contributed by atoms with Crippen LogP contribution in [-0.4, -0.2) is 88.0 Å². The van der Waals surface area contributed by atoms with E-state index in [4.69, 9.17) is 9.97 Å². The van der Waals surface area contributed by atoms with E-state index in [0.717, 1.165) is 49.4 Å². The third-order valence-corrected chi connectivity index (χ3v) is 7.50. The third kappa shape index (κ3) is 6.20. The van der Waals surface area contributed by atoms with Crippen LogP contribution in [0.2, 0.25) is 0 Å². The van der Waals surface area contributed by atoms with E-state index >= 15 is 0 Å². The predicted molar refractivity (Wildman–Crippen MR) is 163 cm³/mol. The molecule has 0 saturated carbocycles. The van der Waals surface area contributed by atoms with Crippen molar-refractivity contribution in [2.45, 2.75) is 12.5 Å². The molecule has 4 aromatic rings. The normalized spacial score (nSPS) is 17.4. The zero-order valence-corrected chi connectivity index (χ0v) is 23.1. The summed E-state index contributed by atoms with van der Waals surface area (Å²) in [4.78, 5) is 37.4. The van der Waals surface area contributed by atoms with Crippen LogP contribution in [0.4, 0.5) is 34.8 Å². The van der Waals surface area contributed by atoms with Gasteiger partial charge in [0.15, 0.2) is 0 Å². The molecule has 0 spiro atoms. The molecule has 1 aromatic carbocycles. The van der Waals surface area contributed by atoms with Gasteiger partial charge in [-0.05, 0) is 49.9 Å². The average Bonchev–Trinajstić information content (AvgIpc) is 3.47. The molecule has 11 nitrogen and oxygen atoms in total. The Morgan fingerprint density at radius 2 is 1.76 bits per heavy atom. The number of hydrogen-bond donors (Lipinski definition) is 3. The van der Waals surface area contributed by atoms with Crippen molar-refractivity contribution in [2.24, 2.45) is 0 Å². The molecular weight excluding hydrogens is 516 g/mol. The molecule has 3 N–H and O–H groups in total. The second kappa shape index (κ2) is 11.8. The van der Waals surface area contributed by atoms with Crippen LogP contribution in [0, 0.1) is 0 Å². The van der Waals surface area contributed by atoms with Crippen molar-refractivity contribution in [3.8, 4) is 0 Å². The number of rotatable bonds is 8. The maximum Gasteiger partial charge on any atom is 0.246 e. The van der Waals surface area contributed by atoms with Gasteiger partial charge in [-0.25, -0.2) is 15.0 Å². The number of anilines is 6. The first-order valence-electron chi connectivity index (χ1n) is 13.9. The number of pyridine rings is 2. The monoisotopic (exact) mass is 550 g/mol. The Labute approximate surface area is 239 Å². The van der Waals surface area contributed by atoms with E-state index in [2.05, 4.69) is 55.4 Å². The number of para-hydroxylation sites is 1. The summed E-state index contributed by atoms with van der Waals surface area (Å²) in [6.45, 7) is 8.95. The van der Waals surface area contributed by atoms with E-state index in [1.165, 1.54) is 6.08 Å². The molecular formula is C30H34N10O. The highest BCUT2D eigenvalue weighted by molar-refractivity contribution is 5.92. The standard InChI is InChI=1S/C30H34N10O/c1-3-28(41)40-12-11-22(20-40)33-29-24-17-27(32-19-25(24)35-30(37-29)34-21-7-5-4-6-8-21)36-26-10-9-23(18-31-26)39-15-13-38(2)14-16-39/h3-10,17-19,22H,1,11-16,20H2,2H3,(H,31,32,36)(H2,33,34,35,37)/t22-/m0/s1. The van der Waals surface area contributed by atoms with Crippen LogP contribution in [0.5, 0.6) is 0 Å². The van der Waals surface area contributed by atoms with E-state index in [1.54, 1.807) is 11.1 Å². The van der Waals surface area contributed by atoms with Crippen molar-refractivity contribution in [1.82, 2.24) is 29.7 Å². The van der Waals surface area contributed by atoms with Crippen molar-refractivity contribution < 1.29 is 4.79 Å². The molecule has 0 bridgehead atoms. The second-order valence-corrected chi connectivity index (χ2v) is 10.4. The molecule has 2 aliphatic heterocycles. The zero-order chi connectivity index (χ0) is 28.2. The summed E-state index contributed by atoms with van der Waals surface area (Å²) in [6, 6.07) is 15.9. The lowest BCUT2D eigenvalue weighted by Crippen LogP contribution is -2.44. The van der Waals surface area contributed by atoms with Gasteiger partial charge in [0.25, 0.3) is 0 Å². The third-order valence-electron chi connectivity index (χ3n) is 7.50. The number of nitrogens with zero attached hydrogens (tertiary/aromatic N) is 7. The topological polar surface area (TPSA) is 114 Å². The first-order valence-corrected chi connectivity index (χ1v) is 13.9. The molecule has 1 atom stereocenters. The second-order valence-electron chi connectivity index (χ2n) is 10.4. The molecule has 5 heterocycles. The Kier molecular flexibility index (Phi) is 7.59. The van der Waals surface area contributed by atoms with Crippen LogP contribution in [0.15, 0.2) is 73.6 Å². The zero-order valence-electron chi connectivity index (χ0n) is 23.1. The van der Waals surface area contributed by atoms with Gasteiger partial charge in [-0.1, -0.05) is 24.8 Å². The van der Waals surface area contributed by atoms with Crippen molar-refractivity contribution >= 4 is 51.6 Å². The molecule has 11 heteroatoms. The minimum absolute atomic E-state index is 0.0509. The average molecular weight is 551 g/mol. The highest BCUT2D eigenvalue weighted by Crippen LogP contribution is 2.28. The molecule has 210 valence electrons. The summed E-state index contributed by atoms with van der Waals surface area (Å²) < 4.78 is 0. The molecule has 0 radical (unpaired) electrons. The van der Waals surface area contributed by atoms with Gasteiger partial charge in [-0.15, -0.1) is 0 Å². The Hall–Kier alpha value is -4.77. The summed E-state index contributed by atoms with van der Waals surface area (Å²) in [5.74, 6) is 2.43. The molecule has 6 rings (SSSR count). The molecule has 1 amide bonds. The fourth-order valence-electron chi connectivity index (χ4n) is 5.16. The van der Waals surface area contributed by atoms with Crippen LogP contribution >= 0.6 is 0 Å². The van der Waals surface area contributed by atoms with Gasteiger partial charge in [0.05, 0.1) is 23.6 Å². The number of likely N-dealkylation sites (N-methyl/N-ethyl adjacent to an activating group) is 1. The first-order chi connectivity index (χ1) is 20.0. The summed E-state index contributed by atoms with van der Waals surface area (Å²) in [6.07, 6.45) is 5.82. The lowest BCUT2D eigenvalue weighted by molar-refractivity contribution is -0.125. The van der Waals surface area contributed by atoms with E-state index in [9.17, 15) is 4.79 Å². The molecule has 2 aliphatic rings. The molecule has 0 aliphatic carbocycles. The predicted octanol–water partition coefficient (Wildman–Crippen LogP) is 3.86. The van der Waals surface area contributed by atoms with Crippen molar-refractivity contribution in [3.63, 3.8) is 0 Å². The quantitative estimate of drug-likeness (QED) is 0.280. The van der Waals surface area contributed by atoms with E-state index < -0.39 is 0 Å². The number of carbonyl (C=O) groups excluding carboxylic acids is 1. The number of carbonyl (C=O) groups is 1. The van der Waals surface area contributed by atoms with Gasteiger partial charge in [0.1, 0.15) is 17.5 Å². The Bertz CT molecular complexity index is 1520. The van der Waals surface area contributed by atoms with Gasteiger partial charge in [-0.2, -0.15) is 4.98 Å². The lowest BCUT2D eigenvalue weighted by atomic mass is 10.2. The van der Waals surface area contributed by atoms with Crippen LogP contribution in [0.1, 0.15) is 6.42 Å². The Balaban J connectivity index is 1.25. The number of likely N-dealkylation sites (tertiary alicyclic amines) is 1. The number of amides is 1. The maximum atomic E-state index is 12.1. The number of nitrogens with one attached hydrogen (secondary N) is 3. The first kappa shape index (κ1) is 26.5. The smallest absolute Gasteiger partial charge is 0.246 e. The fraction of sp³-hybridized carbons (Fsp3) is 0.300. The SMILES string of the molecule is C=CC(=O)N1CC[C@H](Nc2nc(Nc3ccccc3)nc3cnc(Nc4ccc(N5CCN(C)CC5)cn4)cc23)C1. The summed E-state index contributed by atoms with van der Waals surface area (Å²) in [7, 11) is 2.15. The van der Waals surface area contributed by atoms with Gasteiger partial charge in [-0.3, -0.25) is 4.79 Å². The highest BCUT2D eigenvalue weighted by atomic mass is 16.2. The minimum atomic E-state index is -0.0601. The van der Waals surface area contributed by atoms with E-state index in [1.807, 2.05) is 48.7 Å². The van der Waals surface area contributed by atoms with Crippen molar-refractivity contribution in [1.29, 1.82) is 0 Å². The van der Waals surface area contributed by atoms with Gasteiger partial charge >= 0.3 is 0 Å². The van der Waals surface area contributed by atoms with Gasteiger partial charge < -0.3 is 30.7 Å². The number of benzene rings is 1. The van der Waals surface area contributed by atoms with Gasteiger partial charge in [0, 0.05) is 56.4 Å². The molecule has 3 aromatic heterocycles. The van der Waals surface area contributed by atoms with E-state index in [0.29, 0.717) is 42.0 Å². The Morgan fingerprint density at radius 1 is 0.951 bits per heavy atom. The van der Waals surface area contributed by atoms with Crippen LogP contribution < -0.4 is 20.9 Å². The number of aromatic nitrogens is 4. The number of piperazine rings is 1. The molecule has 2 fully saturated rings. The number of fused-ring (bicyclic) bond motifs is 1. The maximum absolute atomic E-state index is 12.1. The summed E-state index contributed by atoms with van der Waals surface area (Å²) >= 11 is 0. The highest BCUT2D eigenvalue weighted by Gasteiger charge is 2.26. The molecule has 2 saturated heterocycles. The lowest BCUT2D eigenvalue weighted by Gasteiger charge is -2.33. The summed E-state index contributed by atoms with van der Waals surface area (Å²) in [5.41, 5.74) is 2.70. The fourth-order valence-corrected chi connectivity index (χ4v) is 5.16. The van der Waals surface area contributed by atoms with Crippen LogP contribution in [-0.2, 0) is 4.79 Å². The van der Waals surface area contributed by atoms with Crippen molar-refractivity contribution in [3.05, 3.63) is 73.6 Å². The minimum Gasteiger partial charge on any atom is -0.368 e. The number of hydrogen-bond acceptors (Lipinski definition) is 10. The van der Waals surface area contributed by atoms with Gasteiger partial charge in [0.2, 0.25) is 11.9 Å². The molecule has 0 unspecified atom stereocenters. The Morgan fingerprint density at radius 3 is 2.51 bits per heavy atom. The summed E-state index contributed by atoms with van der Waals surface area (Å²) in [5, 5.41) is 11.0. The largest absolute Gasteiger partial charge is 0.368 e. The van der Waals surface area contributed by atoms with E-state index in [-0.39, 0.29) is 11.9 Å². The van der Waals surface area contributed by atoms with Crippen molar-refractivity contribution in [2.75, 3.05) is 67.2 Å². The van der Waals surface area contributed by atoms with Crippen LogP contribution in [0.3, 0.4) is 0 Å². The molecule has 41 heavy (non-hydrogen) atoms. The van der Waals surface area contributed by atoms with Crippen LogP contribution in [0.25, 0.3) is 10.9 Å².